The van der Waals surface area contributed by atoms with E-state index in [1.165, 1.54) is 154 Å². The quantitative estimate of drug-likeness (QED) is 0.0488. The number of hydrogen-bond acceptors (Lipinski definition) is 6. The number of aliphatic hydroxyl groups excluding tert-OH is 1. The number of esters is 2. The lowest BCUT2D eigenvalue weighted by molar-refractivity contribution is -0.150. The molecule has 6 heteroatoms. The first-order valence-electron chi connectivity index (χ1n) is 25.7. The number of carbonyl (C=O) groups is 2. The van der Waals surface area contributed by atoms with Gasteiger partial charge in [0.25, 0.3) is 0 Å². The summed E-state index contributed by atoms with van der Waals surface area (Å²) in [5.41, 5.74) is 0. The lowest BCUT2D eigenvalue weighted by Gasteiger charge is -2.31. The predicted octanol–water partition coefficient (Wildman–Crippen LogP) is 15.4. The number of unbranched alkanes of at least 4 members (excludes halogenated alkanes) is 24. The fraction of sp³-hybridized carbons (Fsp3) is 0.961. The van der Waals surface area contributed by atoms with Gasteiger partial charge in [0.1, 0.15) is 12.2 Å². The van der Waals surface area contributed by atoms with Crippen molar-refractivity contribution >= 4 is 11.9 Å². The van der Waals surface area contributed by atoms with Gasteiger partial charge in [-0.2, -0.15) is 0 Å². The summed E-state index contributed by atoms with van der Waals surface area (Å²) in [6.07, 6.45) is 44.0. The summed E-state index contributed by atoms with van der Waals surface area (Å²) < 4.78 is 11.9. The topological polar surface area (TPSA) is 76.1 Å². The van der Waals surface area contributed by atoms with Gasteiger partial charge in [0.2, 0.25) is 0 Å². The summed E-state index contributed by atoms with van der Waals surface area (Å²) in [7, 11) is 0. The van der Waals surface area contributed by atoms with Crippen LogP contribution in [-0.2, 0) is 19.1 Å². The van der Waals surface area contributed by atoms with Crippen LogP contribution in [0.3, 0.4) is 0 Å². The van der Waals surface area contributed by atoms with Crippen molar-refractivity contribution in [2.75, 3.05) is 19.7 Å². The van der Waals surface area contributed by atoms with Crippen molar-refractivity contribution in [2.24, 2.45) is 0 Å². The third kappa shape index (κ3) is 37.6. The van der Waals surface area contributed by atoms with Crippen LogP contribution in [0, 0.1) is 0 Å². The van der Waals surface area contributed by atoms with E-state index in [-0.39, 0.29) is 30.8 Å². The van der Waals surface area contributed by atoms with Gasteiger partial charge in [-0.3, -0.25) is 9.59 Å². The van der Waals surface area contributed by atoms with E-state index in [0.29, 0.717) is 18.9 Å². The monoisotopic (exact) mass is 808 g/mol. The molecule has 0 aromatic heterocycles. The lowest BCUT2D eigenvalue weighted by atomic mass is 10.0. The third-order valence-corrected chi connectivity index (χ3v) is 12.3. The Labute approximate surface area is 356 Å². The summed E-state index contributed by atoms with van der Waals surface area (Å²) in [5.74, 6) is 0.0273. The van der Waals surface area contributed by atoms with Crippen LogP contribution in [0.25, 0.3) is 0 Å². The Morgan fingerprint density at radius 1 is 0.404 bits per heavy atom. The number of nitrogens with zero attached hydrogens (tertiary/aromatic N) is 1. The molecule has 0 saturated carbocycles. The van der Waals surface area contributed by atoms with E-state index in [0.717, 1.165) is 90.1 Å². The zero-order valence-corrected chi connectivity index (χ0v) is 39.3. The number of aliphatic hydroxyl groups is 1. The molecule has 57 heavy (non-hydrogen) atoms. The number of ether oxygens (including phenoxy) is 2. The molecule has 0 rings (SSSR count). The molecule has 6 nitrogen and oxygen atoms in total. The van der Waals surface area contributed by atoms with E-state index in [1.807, 2.05) is 0 Å². The van der Waals surface area contributed by atoms with E-state index in [9.17, 15) is 14.7 Å². The summed E-state index contributed by atoms with van der Waals surface area (Å²) in [5, 5.41) is 9.38. The average molecular weight is 808 g/mol. The Kier molecular flexibility index (Phi) is 43.5. The lowest BCUT2D eigenvalue weighted by Crippen LogP contribution is -2.36. The Morgan fingerprint density at radius 2 is 0.754 bits per heavy atom. The highest BCUT2D eigenvalue weighted by atomic mass is 16.5. The van der Waals surface area contributed by atoms with Crippen LogP contribution in [0.5, 0.6) is 0 Å². The normalized spacial score (nSPS) is 12.8. The van der Waals surface area contributed by atoms with Crippen molar-refractivity contribution in [1.29, 1.82) is 0 Å². The standard InChI is InChI=1S/C51H101NO5/c1-6-11-14-17-22-29-39-48(10-5)56-50(54)42-32-25-20-27-35-44-52(47(9-4)38-34-37-46-53)45-36-28-21-26-33-43-51(55)57-49(40-30-23-18-15-12-7-2)41-31-24-19-16-13-8-3/h47-49,53H,6-46H2,1-5H3. The summed E-state index contributed by atoms with van der Waals surface area (Å²) >= 11 is 0. The van der Waals surface area contributed by atoms with Crippen LogP contribution < -0.4 is 0 Å². The molecule has 1 N–H and O–H groups in total. The van der Waals surface area contributed by atoms with E-state index in [2.05, 4.69) is 39.5 Å². The van der Waals surface area contributed by atoms with Crippen LogP contribution in [0.4, 0.5) is 0 Å². The zero-order chi connectivity index (χ0) is 41.9. The molecule has 0 bridgehead atoms. The van der Waals surface area contributed by atoms with Crippen molar-refractivity contribution in [1.82, 2.24) is 4.90 Å². The molecule has 0 aliphatic rings. The van der Waals surface area contributed by atoms with Gasteiger partial charge in [0, 0.05) is 25.5 Å². The van der Waals surface area contributed by atoms with Crippen molar-refractivity contribution in [3.8, 4) is 0 Å². The number of hydrogen-bond donors (Lipinski definition) is 1. The van der Waals surface area contributed by atoms with E-state index < -0.39 is 0 Å². The molecule has 2 unspecified atom stereocenters. The maximum Gasteiger partial charge on any atom is 0.306 e. The third-order valence-electron chi connectivity index (χ3n) is 12.3. The fourth-order valence-electron chi connectivity index (χ4n) is 8.40. The first-order valence-corrected chi connectivity index (χ1v) is 25.7. The van der Waals surface area contributed by atoms with Gasteiger partial charge in [0.15, 0.2) is 0 Å². The SMILES string of the molecule is CCCCCCCCC(CC)OC(=O)CCCCCCCN(CCCCCCCC(=O)OC(CCCCCCCC)CCCCCCCC)C(CC)CCCCO. The molecule has 0 aliphatic carbocycles. The Morgan fingerprint density at radius 3 is 1.16 bits per heavy atom. The maximum atomic E-state index is 12.9. The van der Waals surface area contributed by atoms with Gasteiger partial charge < -0.3 is 19.5 Å². The average Bonchev–Trinajstić information content (AvgIpc) is 3.21. The first kappa shape index (κ1) is 55.9. The van der Waals surface area contributed by atoms with Crippen molar-refractivity contribution < 1.29 is 24.2 Å². The number of rotatable bonds is 46. The first-order chi connectivity index (χ1) is 27.9. The molecule has 0 saturated heterocycles. The van der Waals surface area contributed by atoms with Crippen LogP contribution in [-0.4, -0.2) is 59.9 Å². The zero-order valence-electron chi connectivity index (χ0n) is 39.3. The van der Waals surface area contributed by atoms with E-state index >= 15 is 0 Å². The van der Waals surface area contributed by atoms with Crippen LogP contribution in [0.15, 0.2) is 0 Å². The van der Waals surface area contributed by atoms with Gasteiger partial charge in [-0.25, -0.2) is 0 Å². The Bertz CT molecular complexity index is 820. The van der Waals surface area contributed by atoms with E-state index in [4.69, 9.17) is 9.47 Å². The summed E-state index contributed by atoms with van der Waals surface area (Å²) in [4.78, 5) is 28.1. The molecule has 0 aliphatic heterocycles. The maximum absolute atomic E-state index is 12.9. The largest absolute Gasteiger partial charge is 0.462 e. The second-order valence-corrected chi connectivity index (χ2v) is 17.7. The van der Waals surface area contributed by atoms with Crippen molar-refractivity contribution in [2.45, 2.75) is 297 Å². The van der Waals surface area contributed by atoms with Gasteiger partial charge in [-0.05, 0) is 109 Å². The second kappa shape index (κ2) is 44.4. The molecule has 0 amide bonds. The fourth-order valence-corrected chi connectivity index (χ4v) is 8.40. The highest BCUT2D eigenvalue weighted by Gasteiger charge is 2.17. The Balaban J connectivity index is 4.47. The second-order valence-electron chi connectivity index (χ2n) is 17.7. The smallest absolute Gasteiger partial charge is 0.306 e. The predicted molar refractivity (Wildman–Crippen MR) is 246 cm³/mol. The van der Waals surface area contributed by atoms with Crippen LogP contribution >= 0.6 is 0 Å². The molecule has 0 radical (unpaired) electrons. The van der Waals surface area contributed by atoms with Gasteiger partial charge in [0.05, 0.1) is 0 Å². The van der Waals surface area contributed by atoms with Gasteiger partial charge >= 0.3 is 11.9 Å². The minimum absolute atomic E-state index is 0.00106. The molecule has 340 valence electrons. The van der Waals surface area contributed by atoms with Crippen molar-refractivity contribution in [3.63, 3.8) is 0 Å². The van der Waals surface area contributed by atoms with Crippen LogP contribution in [0.1, 0.15) is 279 Å². The molecule has 2 atom stereocenters. The summed E-state index contributed by atoms with van der Waals surface area (Å²) in [6, 6.07) is 0.588. The number of carbonyl (C=O) groups excluding carboxylic acids is 2. The molecular weight excluding hydrogens is 707 g/mol. The highest BCUT2D eigenvalue weighted by Crippen LogP contribution is 2.20. The van der Waals surface area contributed by atoms with Crippen molar-refractivity contribution in [3.05, 3.63) is 0 Å². The molecule has 0 aromatic rings. The molecule has 0 fully saturated rings. The minimum Gasteiger partial charge on any atom is -0.462 e. The Hall–Kier alpha value is -1.14. The molecule has 0 heterocycles. The minimum atomic E-state index is -0.00106. The van der Waals surface area contributed by atoms with E-state index in [1.54, 1.807) is 0 Å². The molecule has 0 aromatic carbocycles. The highest BCUT2D eigenvalue weighted by molar-refractivity contribution is 5.69. The van der Waals surface area contributed by atoms with Crippen LogP contribution in [0.2, 0.25) is 0 Å². The summed E-state index contributed by atoms with van der Waals surface area (Å²) in [6.45, 7) is 13.8. The van der Waals surface area contributed by atoms with Gasteiger partial charge in [-0.1, -0.05) is 169 Å². The molecule has 0 spiro atoms. The van der Waals surface area contributed by atoms with Gasteiger partial charge in [-0.15, -0.1) is 0 Å². The molecular formula is C51H101NO5.